The van der Waals surface area contributed by atoms with Gasteiger partial charge in [-0.25, -0.2) is 9.31 Å². The van der Waals surface area contributed by atoms with E-state index in [-0.39, 0.29) is 6.09 Å². The number of hydrogen-bond acceptors (Lipinski definition) is 5. The molecule has 0 atom stereocenters. The molecule has 2 aromatic heterocycles. The molecule has 2 fully saturated rings. The topological polar surface area (TPSA) is 59.3 Å². The fraction of sp³-hybridized carbons (Fsp3) is 0.619. The number of nitrogens with zero attached hydrogens (tertiary/aromatic N) is 4. The largest absolute Gasteiger partial charge is 0.444 e. The predicted molar refractivity (Wildman–Crippen MR) is 108 cm³/mol. The van der Waals surface area contributed by atoms with Gasteiger partial charge in [0.25, 0.3) is 0 Å². The van der Waals surface area contributed by atoms with Crippen molar-refractivity contribution in [1.29, 1.82) is 0 Å². The van der Waals surface area contributed by atoms with Gasteiger partial charge in [-0.1, -0.05) is 6.07 Å². The zero-order valence-corrected chi connectivity index (χ0v) is 17.1. The average Bonchev–Trinajstić information content (AvgIpc) is 3.11. The molecule has 0 aliphatic carbocycles. The van der Waals surface area contributed by atoms with Gasteiger partial charge in [-0.3, -0.25) is 0 Å². The Morgan fingerprint density at radius 1 is 1.14 bits per heavy atom. The number of rotatable bonds is 2. The van der Waals surface area contributed by atoms with E-state index in [2.05, 4.69) is 28.3 Å². The van der Waals surface area contributed by atoms with Gasteiger partial charge >= 0.3 is 6.09 Å². The van der Waals surface area contributed by atoms with E-state index in [1.807, 2.05) is 31.5 Å². The summed E-state index contributed by atoms with van der Waals surface area (Å²) in [5.41, 5.74) is 3.11. The predicted octanol–water partition coefficient (Wildman–Crippen LogP) is 3.29. The Bertz CT molecular complexity index is 828. The lowest BCUT2D eigenvalue weighted by molar-refractivity contribution is 0.0240. The SMILES string of the molecule is CC(C)(C)OC(=O)N1CCN(c2cnn3cc(C4CCOCC4)ccc23)CC1. The second kappa shape index (κ2) is 7.62. The van der Waals surface area contributed by atoms with E-state index in [9.17, 15) is 4.79 Å². The highest BCUT2D eigenvalue weighted by Crippen LogP contribution is 2.29. The Balaban J connectivity index is 1.43. The monoisotopic (exact) mass is 386 g/mol. The molecule has 2 aromatic rings. The highest BCUT2D eigenvalue weighted by Gasteiger charge is 2.27. The summed E-state index contributed by atoms with van der Waals surface area (Å²) >= 11 is 0. The van der Waals surface area contributed by atoms with Crippen LogP contribution in [0.3, 0.4) is 0 Å². The van der Waals surface area contributed by atoms with E-state index in [4.69, 9.17) is 9.47 Å². The third-order valence-electron chi connectivity index (χ3n) is 5.48. The smallest absolute Gasteiger partial charge is 0.410 e. The van der Waals surface area contributed by atoms with Crippen molar-refractivity contribution in [3.63, 3.8) is 0 Å². The Labute approximate surface area is 166 Å². The number of hydrogen-bond donors (Lipinski definition) is 0. The van der Waals surface area contributed by atoms with Gasteiger partial charge in [0.1, 0.15) is 5.60 Å². The van der Waals surface area contributed by atoms with Crippen LogP contribution < -0.4 is 4.90 Å². The molecule has 28 heavy (non-hydrogen) atoms. The van der Waals surface area contributed by atoms with E-state index < -0.39 is 5.60 Å². The highest BCUT2D eigenvalue weighted by molar-refractivity contribution is 5.74. The maximum Gasteiger partial charge on any atom is 0.410 e. The molecule has 2 aliphatic rings. The van der Waals surface area contributed by atoms with Crippen LogP contribution in [0.25, 0.3) is 5.52 Å². The molecule has 0 N–H and O–H groups in total. The first-order valence-electron chi connectivity index (χ1n) is 10.2. The van der Waals surface area contributed by atoms with Crippen LogP contribution in [0.15, 0.2) is 24.5 Å². The zero-order valence-electron chi connectivity index (χ0n) is 17.1. The number of carbonyl (C=O) groups excluding carboxylic acids is 1. The second-order valence-corrected chi connectivity index (χ2v) is 8.66. The van der Waals surface area contributed by atoms with Crippen molar-refractivity contribution >= 4 is 17.3 Å². The third kappa shape index (κ3) is 4.09. The van der Waals surface area contributed by atoms with Gasteiger partial charge in [0, 0.05) is 45.6 Å². The lowest BCUT2D eigenvalue weighted by Crippen LogP contribution is -2.50. The van der Waals surface area contributed by atoms with Crippen molar-refractivity contribution < 1.29 is 14.3 Å². The van der Waals surface area contributed by atoms with Crippen molar-refractivity contribution in [2.75, 3.05) is 44.3 Å². The lowest BCUT2D eigenvalue weighted by atomic mass is 9.93. The number of carbonyl (C=O) groups is 1. The first kappa shape index (κ1) is 19.1. The molecule has 4 heterocycles. The number of amides is 1. The minimum absolute atomic E-state index is 0.229. The van der Waals surface area contributed by atoms with Crippen molar-refractivity contribution in [3.05, 3.63) is 30.1 Å². The third-order valence-corrected chi connectivity index (χ3v) is 5.48. The van der Waals surface area contributed by atoms with Crippen LogP contribution in [-0.4, -0.2) is 65.6 Å². The van der Waals surface area contributed by atoms with Crippen molar-refractivity contribution in [1.82, 2.24) is 14.5 Å². The van der Waals surface area contributed by atoms with Crippen LogP contribution in [-0.2, 0) is 9.47 Å². The molecule has 0 saturated carbocycles. The Morgan fingerprint density at radius 3 is 2.54 bits per heavy atom. The van der Waals surface area contributed by atoms with Crippen LogP contribution in [0.1, 0.15) is 45.1 Å². The van der Waals surface area contributed by atoms with E-state index in [1.165, 1.54) is 5.56 Å². The van der Waals surface area contributed by atoms with Crippen LogP contribution >= 0.6 is 0 Å². The molecule has 0 spiro atoms. The van der Waals surface area contributed by atoms with E-state index in [0.29, 0.717) is 19.0 Å². The van der Waals surface area contributed by atoms with Crippen molar-refractivity contribution in [2.45, 2.75) is 45.1 Å². The van der Waals surface area contributed by atoms with Crippen LogP contribution in [0.4, 0.5) is 10.5 Å². The number of piperazine rings is 1. The number of anilines is 1. The van der Waals surface area contributed by atoms with E-state index in [1.54, 1.807) is 4.90 Å². The summed E-state index contributed by atoms with van der Waals surface area (Å²) in [6, 6.07) is 4.40. The number of aromatic nitrogens is 2. The number of fused-ring (bicyclic) bond motifs is 1. The summed E-state index contributed by atoms with van der Waals surface area (Å²) in [7, 11) is 0. The fourth-order valence-electron chi connectivity index (χ4n) is 3.96. The molecule has 152 valence electrons. The summed E-state index contributed by atoms with van der Waals surface area (Å²) in [6.45, 7) is 10.3. The lowest BCUT2D eigenvalue weighted by Gasteiger charge is -2.36. The quantitative estimate of drug-likeness (QED) is 0.793. The Kier molecular flexibility index (Phi) is 5.19. The summed E-state index contributed by atoms with van der Waals surface area (Å²) in [4.78, 5) is 16.4. The molecule has 4 rings (SSSR count). The van der Waals surface area contributed by atoms with Gasteiger partial charge in [-0.05, 0) is 51.2 Å². The van der Waals surface area contributed by atoms with Gasteiger partial charge in [0.2, 0.25) is 0 Å². The average molecular weight is 386 g/mol. The van der Waals surface area contributed by atoms with Crippen LogP contribution in [0, 0.1) is 0 Å². The molecule has 7 nitrogen and oxygen atoms in total. The summed E-state index contributed by atoms with van der Waals surface area (Å²) in [5, 5.41) is 4.59. The van der Waals surface area contributed by atoms with Crippen LogP contribution in [0.2, 0.25) is 0 Å². The zero-order chi connectivity index (χ0) is 19.7. The van der Waals surface area contributed by atoms with Gasteiger partial charge in [-0.15, -0.1) is 0 Å². The minimum atomic E-state index is -0.460. The molecule has 0 bridgehead atoms. The fourth-order valence-corrected chi connectivity index (χ4v) is 3.96. The maximum atomic E-state index is 12.3. The molecular formula is C21H30N4O3. The van der Waals surface area contributed by atoms with E-state index >= 15 is 0 Å². The first-order chi connectivity index (χ1) is 13.4. The summed E-state index contributed by atoms with van der Waals surface area (Å²) in [6.07, 6.45) is 6.02. The molecular weight excluding hydrogens is 356 g/mol. The molecule has 0 aromatic carbocycles. The standard InChI is InChI=1S/C21H30N4O3/c1-21(2,3)28-20(26)24-10-8-23(9-11-24)19-14-22-25-15-17(4-5-18(19)25)16-6-12-27-13-7-16/h4-5,14-16H,6-13H2,1-3H3. The van der Waals surface area contributed by atoms with Gasteiger partial charge in [0.15, 0.2) is 0 Å². The number of ether oxygens (including phenoxy) is 2. The van der Waals surface area contributed by atoms with Crippen molar-refractivity contribution in [2.24, 2.45) is 0 Å². The molecule has 2 saturated heterocycles. The molecule has 1 amide bonds. The maximum absolute atomic E-state index is 12.3. The molecule has 0 radical (unpaired) electrons. The van der Waals surface area contributed by atoms with Gasteiger partial charge < -0.3 is 19.3 Å². The first-order valence-corrected chi connectivity index (χ1v) is 10.2. The normalized spacial score (nSPS) is 19.2. The van der Waals surface area contributed by atoms with Crippen LogP contribution in [0.5, 0.6) is 0 Å². The summed E-state index contributed by atoms with van der Waals surface area (Å²) < 4.78 is 13.0. The second-order valence-electron chi connectivity index (χ2n) is 8.66. The van der Waals surface area contributed by atoms with Crippen molar-refractivity contribution in [3.8, 4) is 0 Å². The molecule has 2 aliphatic heterocycles. The highest BCUT2D eigenvalue weighted by atomic mass is 16.6. The van der Waals surface area contributed by atoms with E-state index in [0.717, 1.165) is 50.3 Å². The Hall–Kier alpha value is -2.28. The Morgan fingerprint density at radius 2 is 1.86 bits per heavy atom. The van der Waals surface area contributed by atoms with Gasteiger partial charge in [0.05, 0.1) is 17.4 Å². The minimum Gasteiger partial charge on any atom is -0.444 e. The molecule has 7 heteroatoms. The number of pyridine rings is 1. The molecule has 0 unspecified atom stereocenters. The van der Waals surface area contributed by atoms with Gasteiger partial charge in [-0.2, -0.15) is 5.10 Å². The summed E-state index contributed by atoms with van der Waals surface area (Å²) in [5.74, 6) is 0.558.